The van der Waals surface area contributed by atoms with E-state index in [4.69, 9.17) is 5.73 Å². The molecular formula is C11H17N3OS. The maximum absolute atomic E-state index is 11.5. The number of thiazole rings is 1. The van der Waals surface area contributed by atoms with E-state index in [1.54, 1.807) is 23.3 Å². The SMILES string of the molecule is CC(C)c1nc([C@H]2[C@H](N)CC(=O)N2C)cs1. The van der Waals surface area contributed by atoms with Crippen LogP contribution in [0.1, 0.15) is 42.9 Å². The van der Waals surface area contributed by atoms with Crippen LogP contribution in [-0.4, -0.2) is 28.9 Å². The first kappa shape index (κ1) is 11.5. The van der Waals surface area contributed by atoms with Crippen molar-refractivity contribution in [1.82, 2.24) is 9.88 Å². The van der Waals surface area contributed by atoms with Gasteiger partial charge in [0.1, 0.15) is 0 Å². The third-order valence-electron chi connectivity index (χ3n) is 2.96. The van der Waals surface area contributed by atoms with E-state index in [0.29, 0.717) is 12.3 Å². The van der Waals surface area contributed by atoms with Crippen molar-refractivity contribution in [1.29, 1.82) is 0 Å². The van der Waals surface area contributed by atoms with E-state index in [9.17, 15) is 4.79 Å². The molecule has 2 atom stereocenters. The smallest absolute Gasteiger partial charge is 0.224 e. The molecule has 5 heteroatoms. The van der Waals surface area contributed by atoms with Crippen LogP contribution in [0.3, 0.4) is 0 Å². The summed E-state index contributed by atoms with van der Waals surface area (Å²) in [4.78, 5) is 17.8. The molecule has 4 nitrogen and oxygen atoms in total. The highest BCUT2D eigenvalue weighted by molar-refractivity contribution is 7.09. The standard InChI is InChI=1S/C11H17N3OS/c1-6(2)11-13-8(5-16-11)10-7(12)4-9(15)14(10)3/h5-7,10H,4,12H2,1-3H3/t7-,10-/m1/s1. The molecule has 0 spiro atoms. The van der Waals surface area contributed by atoms with E-state index < -0.39 is 0 Å². The molecule has 2 heterocycles. The Hall–Kier alpha value is -0.940. The van der Waals surface area contributed by atoms with E-state index in [1.807, 2.05) is 5.38 Å². The van der Waals surface area contributed by atoms with E-state index in [1.165, 1.54) is 0 Å². The molecule has 0 aromatic carbocycles. The Bertz CT molecular complexity index is 402. The number of rotatable bonds is 2. The second kappa shape index (κ2) is 4.14. The molecule has 2 rings (SSSR count). The van der Waals surface area contributed by atoms with E-state index in [2.05, 4.69) is 18.8 Å². The minimum atomic E-state index is -0.125. The van der Waals surface area contributed by atoms with Crippen LogP contribution in [0, 0.1) is 0 Å². The molecule has 1 aromatic rings. The Morgan fingerprint density at radius 2 is 2.31 bits per heavy atom. The maximum atomic E-state index is 11.5. The lowest BCUT2D eigenvalue weighted by Gasteiger charge is -2.20. The first-order valence-corrected chi connectivity index (χ1v) is 6.35. The van der Waals surface area contributed by atoms with Crippen molar-refractivity contribution < 1.29 is 4.79 Å². The summed E-state index contributed by atoms with van der Waals surface area (Å²) < 4.78 is 0. The van der Waals surface area contributed by atoms with Crippen LogP contribution >= 0.6 is 11.3 Å². The molecule has 0 unspecified atom stereocenters. The Morgan fingerprint density at radius 3 is 2.75 bits per heavy atom. The molecule has 0 radical (unpaired) electrons. The number of hydrogen-bond acceptors (Lipinski definition) is 4. The van der Waals surface area contributed by atoms with E-state index in [0.717, 1.165) is 10.7 Å². The van der Waals surface area contributed by atoms with Crippen molar-refractivity contribution in [3.8, 4) is 0 Å². The number of likely N-dealkylation sites (tertiary alicyclic amines) is 1. The number of carbonyl (C=O) groups is 1. The minimum Gasteiger partial charge on any atom is -0.335 e. The molecular weight excluding hydrogens is 222 g/mol. The van der Waals surface area contributed by atoms with Gasteiger partial charge in [0.2, 0.25) is 5.91 Å². The van der Waals surface area contributed by atoms with Gasteiger partial charge in [0.05, 0.1) is 16.7 Å². The summed E-state index contributed by atoms with van der Waals surface area (Å²) in [7, 11) is 1.80. The van der Waals surface area contributed by atoms with Crippen LogP contribution in [0.15, 0.2) is 5.38 Å². The third-order valence-corrected chi connectivity index (χ3v) is 4.13. The highest BCUT2D eigenvalue weighted by atomic mass is 32.1. The average Bonchev–Trinajstić information content (AvgIpc) is 2.74. The van der Waals surface area contributed by atoms with Crippen LogP contribution < -0.4 is 5.73 Å². The summed E-state index contributed by atoms with van der Waals surface area (Å²) >= 11 is 1.65. The van der Waals surface area contributed by atoms with Crippen molar-refractivity contribution in [2.24, 2.45) is 5.73 Å². The number of carbonyl (C=O) groups excluding carboxylic acids is 1. The Kier molecular flexibility index (Phi) is 2.99. The van der Waals surface area contributed by atoms with Gasteiger partial charge in [0, 0.05) is 30.8 Å². The highest BCUT2D eigenvalue weighted by Gasteiger charge is 2.37. The van der Waals surface area contributed by atoms with Gasteiger partial charge in [-0.2, -0.15) is 0 Å². The maximum Gasteiger partial charge on any atom is 0.224 e. The zero-order chi connectivity index (χ0) is 11.9. The first-order chi connectivity index (χ1) is 7.50. The van der Waals surface area contributed by atoms with Gasteiger partial charge in [-0.05, 0) is 0 Å². The summed E-state index contributed by atoms with van der Waals surface area (Å²) in [6.07, 6.45) is 0.426. The average molecular weight is 239 g/mol. The quantitative estimate of drug-likeness (QED) is 0.850. The number of likely N-dealkylation sites (N-methyl/N-ethyl adjacent to an activating group) is 1. The monoisotopic (exact) mass is 239 g/mol. The second-order valence-electron chi connectivity index (χ2n) is 4.58. The van der Waals surface area contributed by atoms with Gasteiger partial charge in [-0.15, -0.1) is 11.3 Å². The lowest BCUT2D eigenvalue weighted by Crippen LogP contribution is -2.30. The van der Waals surface area contributed by atoms with Gasteiger partial charge in [-0.1, -0.05) is 13.8 Å². The molecule has 1 aromatic heterocycles. The van der Waals surface area contributed by atoms with Crippen molar-refractivity contribution in [2.45, 2.75) is 38.3 Å². The van der Waals surface area contributed by atoms with Crippen molar-refractivity contribution in [3.05, 3.63) is 16.1 Å². The molecule has 0 aliphatic carbocycles. The van der Waals surface area contributed by atoms with Crippen molar-refractivity contribution >= 4 is 17.2 Å². The van der Waals surface area contributed by atoms with Crippen LogP contribution in [0.25, 0.3) is 0 Å². The number of nitrogens with zero attached hydrogens (tertiary/aromatic N) is 2. The van der Waals surface area contributed by atoms with E-state index >= 15 is 0 Å². The number of nitrogens with two attached hydrogens (primary N) is 1. The predicted molar refractivity (Wildman–Crippen MR) is 64.3 cm³/mol. The zero-order valence-electron chi connectivity index (χ0n) is 9.80. The third kappa shape index (κ3) is 1.85. The fourth-order valence-electron chi connectivity index (χ4n) is 2.02. The summed E-state index contributed by atoms with van der Waals surface area (Å²) in [5.41, 5.74) is 6.92. The molecule has 1 fully saturated rings. The molecule has 1 amide bonds. The lowest BCUT2D eigenvalue weighted by molar-refractivity contribution is -0.127. The Labute approximate surface area is 99.5 Å². The van der Waals surface area contributed by atoms with Gasteiger partial charge < -0.3 is 10.6 Å². The molecule has 1 aliphatic rings. The zero-order valence-corrected chi connectivity index (χ0v) is 10.6. The predicted octanol–water partition coefficient (Wildman–Crippen LogP) is 1.50. The first-order valence-electron chi connectivity index (χ1n) is 5.47. The summed E-state index contributed by atoms with van der Waals surface area (Å²) in [6, 6.07) is -0.170. The molecule has 88 valence electrons. The fraction of sp³-hybridized carbons (Fsp3) is 0.636. The van der Waals surface area contributed by atoms with Crippen LogP contribution in [0.4, 0.5) is 0 Å². The number of amides is 1. The van der Waals surface area contributed by atoms with Gasteiger partial charge in [0.25, 0.3) is 0 Å². The number of aromatic nitrogens is 1. The summed E-state index contributed by atoms with van der Waals surface area (Å²) in [5.74, 6) is 0.536. The van der Waals surface area contributed by atoms with Gasteiger partial charge in [-0.3, -0.25) is 4.79 Å². The Balaban J connectivity index is 2.26. The fourth-order valence-corrected chi connectivity index (χ4v) is 2.88. The molecule has 1 aliphatic heterocycles. The van der Waals surface area contributed by atoms with Gasteiger partial charge in [0.15, 0.2) is 0 Å². The van der Waals surface area contributed by atoms with Crippen LogP contribution in [0.5, 0.6) is 0 Å². The minimum absolute atomic E-state index is 0.0451. The molecule has 2 N–H and O–H groups in total. The summed E-state index contributed by atoms with van der Waals surface area (Å²) in [5, 5.41) is 3.13. The Morgan fingerprint density at radius 1 is 1.62 bits per heavy atom. The van der Waals surface area contributed by atoms with Crippen molar-refractivity contribution in [3.63, 3.8) is 0 Å². The second-order valence-corrected chi connectivity index (χ2v) is 5.47. The van der Waals surface area contributed by atoms with Gasteiger partial charge >= 0.3 is 0 Å². The molecule has 1 saturated heterocycles. The highest BCUT2D eigenvalue weighted by Crippen LogP contribution is 2.32. The van der Waals surface area contributed by atoms with Gasteiger partial charge in [-0.25, -0.2) is 4.98 Å². The molecule has 0 bridgehead atoms. The summed E-state index contributed by atoms with van der Waals surface area (Å²) in [6.45, 7) is 4.23. The van der Waals surface area contributed by atoms with E-state index in [-0.39, 0.29) is 18.0 Å². The molecule has 16 heavy (non-hydrogen) atoms. The lowest BCUT2D eigenvalue weighted by atomic mass is 10.1. The normalized spacial score (nSPS) is 25.8. The van der Waals surface area contributed by atoms with Crippen LogP contribution in [0.2, 0.25) is 0 Å². The topological polar surface area (TPSA) is 59.2 Å². The largest absolute Gasteiger partial charge is 0.335 e. The van der Waals surface area contributed by atoms with Crippen molar-refractivity contribution in [2.75, 3.05) is 7.05 Å². The van der Waals surface area contributed by atoms with Crippen LogP contribution in [-0.2, 0) is 4.79 Å². The number of hydrogen-bond donors (Lipinski definition) is 1. The molecule has 0 saturated carbocycles.